The molecule has 0 bridgehead atoms. The van der Waals surface area contributed by atoms with Gasteiger partial charge in [0.15, 0.2) is 10.7 Å². The molecule has 3 rings (SSSR count). The second kappa shape index (κ2) is 7.44. The van der Waals surface area contributed by atoms with Crippen LogP contribution in [0.15, 0.2) is 57.9 Å². The number of hydrogen-bond acceptors (Lipinski definition) is 5. The van der Waals surface area contributed by atoms with Crippen molar-refractivity contribution in [3.05, 3.63) is 65.5 Å². The maximum atomic E-state index is 12.5. The lowest BCUT2D eigenvalue weighted by molar-refractivity contribution is 0.390. The molecule has 27 heavy (non-hydrogen) atoms. The summed E-state index contributed by atoms with van der Waals surface area (Å²) in [5, 5.41) is 7.00. The summed E-state index contributed by atoms with van der Waals surface area (Å²) in [7, 11) is -3.74. The Morgan fingerprint density at radius 1 is 0.889 bits per heavy atom. The fraction of sp³-hybridized carbons (Fsp3) is 0.250. The van der Waals surface area contributed by atoms with Crippen LogP contribution in [0.1, 0.15) is 36.8 Å². The molecule has 0 aliphatic carbocycles. The normalized spacial score (nSPS) is 11.6. The molecule has 0 spiro atoms. The van der Waals surface area contributed by atoms with Crippen molar-refractivity contribution < 1.29 is 12.9 Å². The number of hydrogen-bond donors (Lipinski definition) is 2. The number of aryl methyl sites for hydroxylation is 2. The average Bonchev–Trinajstić information content (AvgIpc) is 2.96. The van der Waals surface area contributed by atoms with E-state index in [1.54, 1.807) is 26.0 Å². The average molecular weight is 385 g/mol. The zero-order valence-electron chi connectivity index (χ0n) is 15.8. The van der Waals surface area contributed by atoms with Crippen LogP contribution in [-0.4, -0.2) is 13.6 Å². The quantitative estimate of drug-likeness (QED) is 0.626. The minimum atomic E-state index is -3.74. The van der Waals surface area contributed by atoms with Gasteiger partial charge in [0.05, 0.1) is 0 Å². The first-order valence-corrected chi connectivity index (χ1v) is 10.2. The van der Waals surface area contributed by atoms with Gasteiger partial charge in [0, 0.05) is 17.1 Å². The zero-order valence-corrected chi connectivity index (χ0v) is 16.6. The third-order valence-electron chi connectivity index (χ3n) is 4.24. The minimum Gasteiger partial charge on any atom is -0.360 e. The molecule has 3 aromatic rings. The molecule has 0 saturated carbocycles. The lowest BCUT2D eigenvalue weighted by Gasteiger charge is -2.11. The number of anilines is 3. The number of rotatable bonds is 6. The smallest absolute Gasteiger partial charge is 0.267 e. The molecule has 0 fully saturated rings. The number of sulfonamides is 1. The molecular formula is C20H23N3O3S. The van der Waals surface area contributed by atoms with E-state index in [1.165, 1.54) is 5.56 Å². The number of nitrogens with zero attached hydrogens (tertiary/aromatic N) is 1. The standard InChI is InChI=1S/C20H23N3O3S/c1-13(2)16-5-7-17(8-6-16)21-18-9-11-19(12-10-18)23-27(24,25)20-14(3)22-26-15(20)4/h5-13,21,23H,1-4H3. The van der Waals surface area contributed by atoms with Gasteiger partial charge in [-0.3, -0.25) is 4.72 Å². The summed E-state index contributed by atoms with van der Waals surface area (Å²) in [5.41, 5.74) is 3.93. The first-order chi connectivity index (χ1) is 12.8. The van der Waals surface area contributed by atoms with Gasteiger partial charge < -0.3 is 9.84 Å². The van der Waals surface area contributed by atoms with Gasteiger partial charge in [-0.15, -0.1) is 0 Å². The van der Waals surface area contributed by atoms with Gasteiger partial charge in [-0.1, -0.05) is 31.1 Å². The van der Waals surface area contributed by atoms with Crippen LogP contribution >= 0.6 is 0 Å². The Kier molecular flexibility index (Phi) is 5.23. The SMILES string of the molecule is Cc1noc(C)c1S(=O)(=O)Nc1ccc(Nc2ccc(C(C)C)cc2)cc1. The van der Waals surface area contributed by atoms with Crippen LogP contribution < -0.4 is 10.0 Å². The molecule has 2 N–H and O–H groups in total. The summed E-state index contributed by atoms with van der Waals surface area (Å²) in [6.45, 7) is 7.49. The van der Waals surface area contributed by atoms with E-state index in [1.807, 2.05) is 24.3 Å². The Bertz CT molecular complexity index is 1000. The lowest BCUT2D eigenvalue weighted by atomic mass is 10.0. The molecule has 0 unspecified atom stereocenters. The molecule has 1 heterocycles. The summed E-state index contributed by atoms with van der Waals surface area (Å²) in [5.74, 6) is 0.757. The minimum absolute atomic E-state index is 0.0787. The third kappa shape index (κ3) is 4.31. The van der Waals surface area contributed by atoms with Gasteiger partial charge in [-0.2, -0.15) is 0 Å². The van der Waals surface area contributed by atoms with Crippen LogP contribution in [0.2, 0.25) is 0 Å². The number of aromatic nitrogens is 1. The summed E-state index contributed by atoms with van der Waals surface area (Å²) in [4.78, 5) is 0.0787. The van der Waals surface area contributed by atoms with Gasteiger partial charge in [-0.05, 0) is 61.7 Å². The summed E-state index contributed by atoms with van der Waals surface area (Å²) in [6.07, 6.45) is 0. The molecule has 0 aliphatic heterocycles. The molecule has 7 heteroatoms. The molecule has 1 aromatic heterocycles. The molecule has 0 radical (unpaired) electrons. The van der Waals surface area contributed by atoms with Crippen LogP contribution in [-0.2, 0) is 10.0 Å². The van der Waals surface area contributed by atoms with E-state index in [4.69, 9.17) is 4.52 Å². The zero-order chi connectivity index (χ0) is 19.6. The molecule has 6 nitrogen and oxygen atoms in total. The number of nitrogens with one attached hydrogen (secondary N) is 2. The first kappa shape index (κ1) is 19.0. The van der Waals surface area contributed by atoms with Crippen LogP contribution in [0.3, 0.4) is 0 Å². The predicted octanol–water partition coefficient (Wildman–Crippen LogP) is 4.96. The number of benzene rings is 2. The molecule has 0 saturated heterocycles. The van der Waals surface area contributed by atoms with Crippen molar-refractivity contribution in [2.45, 2.75) is 38.5 Å². The Morgan fingerprint density at radius 3 is 1.89 bits per heavy atom. The second-order valence-electron chi connectivity index (χ2n) is 6.74. The van der Waals surface area contributed by atoms with Gasteiger partial charge >= 0.3 is 0 Å². The Labute approximate surface area is 159 Å². The largest absolute Gasteiger partial charge is 0.360 e. The van der Waals surface area contributed by atoms with Crippen molar-refractivity contribution >= 4 is 27.1 Å². The van der Waals surface area contributed by atoms with E-state index in [-0.39, 0.29) is 10.7 Å². The highest BCUT2D eigenvalue weighted by Crippen LogP contribution is 2.25. The highest BCUT2D eigenvalue weighted by molar-refractivity contribution is 7.92. The monoisotopic (exact) mass is 385 g/mol. The Hall–Kier alpha value is -2.80. The van der Waals surface area contributed by atoms with Gasteiger partial charge in [0.25, 0.3) is 10.0 Å². The lowest BCUT2D eigenvalue weighted by Crippen LogP contribution is -2.14. The van der Waals surface area contributed by atoms with Crippen molar-refractivity contribution in [3.63, 3.8) is 0 Å². The van der Waals surface area contributed by atoms with E-state index >= 15 is 0 Å². The summed E-state index contributed by atoms with van der Waals surface area (Å²) >= 11 is 0. The van der Waals surface area contributed by atoms with E-state index in [2.05, 4.69) is 41.2 Å². The fourth-order valence-electron chi connectivity index (χ4n) is 2.80. The highest BCUT2D eigenvalue weighted by atomic mass is 32.2. The molecule has 142 valence electrons. The first-order valence-electron chi connectivity index (χ1n) is 8.69. The molecule has 2 aromatic carbocycles. The predicted molar refractivity (Wildman–Crippen MR) is 107 cm³/mol. The van der Waals surface area contributed by atoms with Gasteiger partial charge in [0.2, 0.25) is 0 Å². The van der Waals surface area contributed by atoms with Crippen molar-refractivity contribution in [1.29, 1.82) is 0 Å². The van der Waals surface area contributed by atoms with E-state index in [0.717, 1.165) is 11.4 Å². The van der Waals surface area contributed by atoms with Crippen molar-refractivity contribution in [2.75, 3.05) is 10.0 Å². The second-order valence-corrected chi connectivity index (χ2v) is 8.36. The van der Waals surface area contributed by atoms with Crippen LogP contribution in [0.25, 0.3) is 0 Å². The molecule has 0 aliphatic rings. The maximum absolute atomic E-state index is 12.5. The summed E-state index contributed by atoms with van der Waals surface area (Å²) in [6, 6.07) is 15.3. The molecular weight excluding hydrogens is 362 g/mol. The van der Waals surface area contributed by atoms with Crippen molar-refractivity contribution in [3.8, 4) is 0 Å². The Balaban J connectivity index is 1.72. The Morgan fingerprint density at radius 2 is 1.41 bits per heavy atom. The molecule has 0 amide bonds. The fourth-order valence-corrected chi connectivity index (χ4v) is 4.19. The van der Waals surface area contributed by atoms with E-state index in [0.29, 0.717) is 17.3 Å². The van der Waals surface area contributed by atoms with Crippen molar-refractivity contribution in [1.82, 2.24) is 5.16 Å². The topological polar surface area (TPSA) is 84.2 Å². The molecule has 0 atom stereocenters. The van der Waals surface area contributed by atoms with Crippen molar-refractivity contribution in [2.24, 2.45) is 0 Å². The van der Waals surface area contributed by atoms with Crippen LogP contribution in [0.4, 0.5) is 17.1 Å². The van der Waals surface area contributed by atoms with Gasteiger partial charge in [0.1, 0.15) is 5.69 Å². The third-order valence-corrected chi connectivity index (χ3v) is 5.86. The van der Waals surface area contributed by atoms with Crippen LogP contribution in [0.5, 0.6) is 0 Å². The van der Waals surface area contributed by atoms with Gasteiger partial charge in [-0.25, -0.2) is 8.42 Å². The maximum Gasteiger partial charge on any atom is 0.267 e. The summed E-state index contributed by atoms with van der Waals surface area (Å²) < 4.78 is 32.6. The highest BCUT2D eigenvalue weighted by Gasteiger charge is 2.24. The van der Waals surface area contributed by atoms with E-state index in [9.17, 15) is 8.42 Å². The van der Waals surface area contributed by atoms with Crippen LogP contribution in [0, 0.1) is 13.8 Å². The van der Waals surface area contributed by atoms with E-state index < -0.39 is 10.0 Å².